The summed E-state index contributed by atoms with van der Waals surface area (Å²) in [5.41, 5.74) is 1.28. The fourth-order valence-corrected chi connectivity index (χ4v) is 2.62. The van der Waals surface area contributed by atoms with Crippen LogP contribution in [-0.4, -0.2) is 21.5 Å². The first-order valence-electron chi connectivity index (χ1n) is 5.62. The number of aryl methyl sites for hydroxylation is 1. The number of alkyl halides is 1. The number of amides is 1. The number of phenols is 1. The van der Waals surface area contributed by atoms with Crippen molar-refractivity contribution in [3.05, 3.63) is 29.3 Å². The Morgan fingerprint density at radius 3 is 2.59 bits per heavy atom. The van der Waals surface area contributed by atoms with Crippen molar-refractivity contribution < 1.29 is 9.90 Å². The molecule has 1 unspecified atom stereocenters. The molecule has 1 aromatic rings. The van der Waals surface area contributed by atoms with Gasteiger partial charge in [0.05, 0.1) is 0 Å². The molecule has 4 heteroatoms. The van der Waals surface area contributed by atoms with Gasteiger partial charge in [-0.3, -0.25) is 4.79 Å². The first-order valence-corrected chi connectivity index (χ1v) is 7.14. The lowest BCUT2D eigenvalue weighted by atomic mass is 10.1. The molecule has 0 fully saturated rings. The predicted octanol–water partition coefficient (Wildman–Crippen LogP) is 2.89. The molecule has 1 aromatic carbocycles. The minimum absolute atomic E-state index is 0.129. The van der Waals surface area contributed by atoms with Crippen LogP contribution < -0.4 is 5.32 Å². The van der Waals surface area contributed by atoms with Gasteiger partial charge in [-0.1, -0.05) is 42.5 Å². The van der Waals surface area contributed by atoms with Gasteiger partial charge in [0.15, 0.2) is 0 Å². The standard InChI is InChI=1S/C13H18INO2/c1-8(2)11(7-14)15-13(17)10-5-4-9(3)12(16)6-10/h4-6,8,11,16H,7H2,1-3H3,(H,15,17). The summed E-state index contributed by atoms with van der Waals surface area (Å²) in [4.78, 5) is 12.0. The van der Waals surface area contributed by atoms with Crippen molar-refractivity contribution in [3.8, 4) is 5.75 Å². The Hall–Kier alpha value is -0.780. The lowest BCUT2D eigenvalue weighted by molar-refractivity contribution is 0.0931. The highest BCUT2D eigenvalue weighted by Crippen LogP contribution is 2.17. The monoisotopic (exact) mass is 347 g/mol. The average molecular weight is 347 g/mol. The highest BCUT2D eigenvalue weighted by molar-refractivity contribution is 14.1. The van der Waals surface area contributed by atoms with E-state index in [1.54, 1.807) is 19.1 Å². The summed E-state index contributed by atoms with van der Waals surface area (Å²) in [6, 6.07) is 5.15. The minimum Gasteiger partial charge on any atom is -0.508 e. The second-order valence-electron chi connectivity index (χ2n) is 4.48. The molecule has 1 amide bonds. The van der Waals surface area contributed by atoms with Crippen LogP contribution in [0.5, 0.6) is 5.75 Å². The summed E-state index contributed by atoms with van der Waals surface area (Å²) in [6.45, 7) is 5.96. The van der Waals surface area contributed by atoms with Crippen LogP contribution in [0.25, 0.3) is 0 Å². The van der Waals surface area contributed by atoms with E-state index in [2.05, 4.69) is 41.8 Å². The third-order valence-corrected chi connectivity index (χ3v) is 3.71. The zero-order chi connectivity index (χ0) is 13.0. The van der Waals surface area contributed by atoms with Gasteiger partial charge in [0.25, 0.3) is 5.91 Å². The fraction of sp³-hybridized carbons (Fsp3) is 0.462. The van der Waals surface area contributed by atoms with Crippen LogP contribution in [0.15, 0.2) is 18.2 Å². The number of carbonyl (C=O) groups is 1. The Labute approximate surface area is 116 Å². The molecule has 0 bridgehead atoms. The summed E-state index contributed by atoms with van der Waals surface area (Å²) in [6.07, 6.45) is 0. The van der Waals surface area contributed by atoms with Crippen LogP contribution in [0.1, 0.15) is 29.8 Å². The lowest BCUT2D eigenvalue weighted by Gasteiger charge is -2.20. The van der Waals surface area contributed by atoms with Crippen molar-refractivity contribution in [1.29, 1.82) is 0 Å². The average Bonchev–Trinajstić information content (AvgIpc) is 2.28. The van der Waals surface area contributed by atoms with Crippen molar-refractivity contribution in [2.75, 3.05) is 4.43 Å². The van der Waals surface area contributed by atoms with Gasteiger partial charge in [0.2, 0.25) is 0 Å². The molecular formula is C13H18INO2. The van der Waals surface area contributed by atoms with Crippen molar-refractivity contribution in [3.63, 3.8) is 0 Å². The molecule has 0 heterocycles. The molecular weight excluding hydrogens is 329 g/mol. The van der Waals surface area contributed by atoms with Gasteiger partial charge in [0.1, 0.15) is 5.75 Å². The molecule has 2 N–H and O–H groups in total. The van der Waals surface area contributed by atoms with Gasteiger partial charge in [-0.15, -0.1) is 0 Å². The van der Waals surface area contributed by atoms with E-state index < -0.39 is 0 Å². The minimum atomic E-state index is -0.129. The Kier molecular flexibility index (Phi) is 5.24. The molecule has 1 rings (SSSR count). The third-order valence-electron chi connectivity index (χ3n) is 2.76. The molecule has 17 heavy (non-hydrogen) atoms. The van der Waals surface area contributed by atoms with Crippen LogP contribution in [-0.2, 0) is 0 Å². The number of phenolic OH excluding ortho intramolecular Hbond substituents is 1. The summed E-state index contributed by atoms with van der Waals surface area (Å²) in [5, 5.41) is 12.5. The maximum atomic E-state index is 12.0. The lowest BCUT2D eigenvalue weighted by Crippen LogP contribution is -2.39. The zero-order valence-electron chi connectivity index (χ0n) is 10.3. The number of aromatic hydroxyl groups is 1. The van der Waals surface area contributed by atoms with Crippen LogP contribution >= 0.6 is 22.6 Å². The van der Waals surface area contributed by atoms with Crippen LogP contribution in [0.4, 0.5) is 0 Å². The Morgan fingerprint density at radius 1 is 1.47 bits per heavy atom. The number of halogens is 1. The van der Waals surface area contributed by atoms with E-state index in [4.69, 9.17) is 0 Å². The molecule has 0 aliphatic rings. The Balaban J connectivity index is 2.79. The molecule has 0 aliphatic carbocycles. The molecule has 3 nitrogen and oxygen atoms in total. The van der Waals surface area contributed by atoms with E-state index >= 15 is 0 Å². The first-order chi connectivity index (χ1) is 7.95. The van der Waals surface area contributed by atoms with Gasteiger partial charge in [0, 0.05) is 16.0 Å². The Bertz CT molecular complexity index is 404. The topological polar surface area (TPSA) is 49.3 Å². The highest BCUT2D eigenvalue weighted by atomic mass is 127. The highest BCUT2D eigenvalue weighted by Gasteiger charge is 2.16. The largest absolute Gasteiger partial charge is 0.508 e. The van der Waals surface area contributed by atoms with E-state index in [1.807, 2.05) is 0 Å². The van der Waals surface area contributed by atoms with Crippen LogP contribution in [0.3, 0.4) is 0 Å². The van der Waals surface area contributed by atoms with Crippen molar-refractivity contribution in [2.24, 2.45) is 5.92 Å². The third kappa shape index (κ3) is 3.87. The summed E-state index contributed by atoms with van der Waals surface area (Å²) in [5.74, 6) is 0.429. The van der Waals surface area contributed by atoms with Crippen molar-refractivity contribution in [1.82, 2.24) is 5.32 Å². The molecule has 0 saturated heterocycles. The maximum absolute atomic E-state index is 12.0. The molecule has 0 saturated carbocycles. The molecule has 0 aliphatic heterocycles. The molecule has 0 radical (unpaired) electrons. The van der Waals surface area contributed by atoms with Crippen molar-refractivity contribution >= 4 is 28.5 Å². The van der Waals surface area contributed by atoms with Crippen LogP contribution in [0, 0.1) is 12.8 Å². The second-order valence-corrected chi connectivity index (χ2v) is 5.36. The SMILES string of the molecule is Cc1ccc(C(=O)NC(CI)C(C)C)cc1O. The quantitative estimate of drug-likeness (QED) is 0.650. The van der Waals surface area contributed by atoms with Gasteiger partial charge in [-0.2, -0.15) is 0 Å². The smallest absolute Gasteiger partial charge is 0.251 e. The normalized spacial score (nSPS) is 12.5. The summed E-state index contributed by atoms with van der Waals surface area (Å²) >= 11 is 2.27. The maximum Gasteiger partial charge on any atom is 0.251 e. The number of nitrogens with one attached hydrogen (secondary N) is 1. The number of carbonyl (C=O) groups excluding carboxylic acids is 1. The van der Waals surface area contributed by atoms with E-state index in [0.29, 0.717) is 11.5 Å². The number of hydrogen-bond acceptors (Lipinski definition) is 2. The van der Waals surface area contributed by atoms with E-state index in [-0.39, 0.29) is 17.7 Å². The van der Waals surface area contributed by atoms with E-state index in [9.17, 15) is 9.90 Å². The number of hydrogen-bond donors (Lipinski definition) is 2. The second kappa shape index (κ2) is 6.23. The molecule has 1 atom stereocenters. The Morgan fingerprint density at radius 2 is 2.12 bits per heavy atom. The predicted molar refractivity (Wildman–Crippen MR) is 77.8 cm³/mol. The molecule has 94 valence electrons. The first kappa shape index (κ1) is 14.3. The van der Waals surface area contributed by atoms with E-state index in [0.717, 1.165) is 9.99 Å². The van der Waals surface area contributed by atoms with Gasteiger partial charge >= 0.3 is 0 Å². The molecule has 0 aromatic heterocycles. The number of benzene rings is 1. The number of rotatable bonds is 4. The fourth-order valence-electron chi connectivity index (χ4n) is 1.39. The van der Waals surface area contributed by atoms with Crippen LogP contribution in [0.2, 0.25) is 0 Å². The summed E-state index contributed by atoms with van der Waals surface area (Å²) < 4.78 is 0.874. The van der Waals surface area contributed by atoms with E-state index in [1.165, 1.54) is 6.07 Å². The van der Waals surface area contributed by atoms with Gasteiger partial charge < -0.3 is 10.4 Å². The van der Waals surface area contributed by atoms with Crippen molar-refractivity contribution in [2.45, 2.75) is 26.8 Å². The summed E-state index contributed by atoms with van der Waals surface area (Å²) in [7, 11) is 0. The van der Waals surface area contributed by atoms with Gasteiger partial charge in [-0.05, 0) is 30.5 Å². The zero-order valence-corrected chi connectivity index (χ0v) is 12.5. The molecule has 0 spiro atoms. The van der Waals surface area contributed by atoms with Gasteiger partial charge in [-0.25, -0.2) is 0 Å².